The first kappa shape index (κ1) is 11.2. The van der Waals surface area contributed by atoms with E-state index in [2.05, 4.69) is 0 Å². The van der Waals surface area contributed by atoms with Crippen molar-refractivity contribution in [3.8, 4) is 0 Å². The fourth-order valence-corrected chi connectivity index (χ4v) is 0. The van der Waals surface area contributed by atoms with Gasteiger partial charge in [-0.2, -0.15) is 0 Å². The van der Waals surface area contributed by atoms with E-state index < -0.39 is 16.2 Å². The molecule has 0 aromatic carbocycles. The van der Waals surface area contributed by atoms with E-state index in [1.54, 1.807) is 0 Å². The molecule has 0 radical (unpaired) electrons. The van der Waals surface area contributed by atoms with Crippen LogP contribution < -0.4 is 51.4 Å². The van der Waals surface area contributed by atoms with Crippen molar-refractivity contribution in [3.05, 3.63) is 0 Å². The van der Waals surface area contributed by atoms with Crippen molar-refractivity contribution in [3.63, 3.8) is 0 Å². The zero-order chi connectivity index (χ0) is 5.15. The van der Waals surface area contributed by atoms with E-state index in [1.807, 2.05) is 0 Å². The second kappa shape index (κ2) is 5.55. The quantitative estimate of drug-likeness (QED) is 0.262. The summed E-state index contributed by atoms with van der Waals surface area (Å²) in [6, 6.07) is 0. The van der Waals surface area contributed by atoms with Crippen LogP contribution in [0.15, 0.2) is 0 Å². The Morgan fingerprint density at radius 2 is 1.86 bits per heavy atom. The van der Waals surface area contributed by atoms with Crippen LogP contribution in [0.3, 0.4) is 0 Å². The Morgan fingerprint density at radius 3 is 1.86 bits per heavy atom. The van der Waals surface area contributed by atoms with Crippen LogP contribution in [0.1, 0.15) is 6.92 Å². The molecule has 0 saturated carbocycles. The summed E-state index contributed by atoms with van der Waals surface area (Å²) in [7, 11) is 0. The summed E-state index contributed by atoms with van der Waals surface area (Å²) in [4.78, 5) is 9.53. The molecule has 1 unspecified atom stereocenters. The number of hydrogen-bond acceptors (Lipinski definition) is 3. The van der Waals surface area contributed by atoms with Gasteiger partial charge >= 0.3 is 51.4 Å². The van der Waals surface area contributed by atoms with Gasteiger partial charge < -0.3 is 4.55 Å². The summed E-state index contributed by atoms with van der Waals surface area (Å²) in [5.74, 6) is 0. The number of carbonyl (C=O) groups is 1. The van der Waals surface area contributed by atoms with Crippen LogP contribution >= 0.6 is 0 Å². The Morgan fingerprint density at radius 1 is 1.71 bits per heavy atom. The van der Waals surface area contributed by atoms with Gasteiger partial charge in [-0.25, -0.2) is 0 Å². The largest absolute Gasteiger partial charge is 1.00 e. The van der Waals surface area contributed by atoms with Gasteiger partial charge in [0.05, 0.1) is 0 Å². The summed E-state index contributed by atoms with van der Waals surface area (Å²) < 4.78 is 18.7. The molecular weight excluding hydrogens is 143 g/mol. The second-order valence-corrected chi connectivity index (χ2v) is 1.77. The number of carbonyl (C=O) groups excluding carboxylic acids is 1. The fourth-order valence-electron chi connectivity index (χ4n) is 0. The molecule has 0 aromatic rings. The normalized spacial score (nSPS) is 11.7. The average Bonchev–Trinajstić information content (AvgIpc) is 1.36. The smallest absolute Gasteiger partial charge is 0.766 e. The summed E-state index contributed by atoms with van der Waals surface area (Å²) in [6.45, 7) is 0.989. The van der Waals surface area contributed by atoms with E-state index in [-0.39, 0.29) is 51.4 Å². The van der Waals surface area contributed by atoms with Crippen molar-refractivity contribution in [2.24, 2.45) is 0 Å². The maximum atomic E-state index is 9.53. The predicted molar refractivity (Wildman–Crippen MR) is 19.6 cm³/mol. The molecule has 0 fully saturated rings. The Balaban J connectivity index is 0. The summed E-state index contributed by atoms with van der Waals surface area (Å²) in [5, 5.41) is -0.824. The molecule has 7 heavy (non-hydrogen) atoms. The molecule has 0 bridgehead atoms. The number of rotatable bonds is 0. The molecule has 0 aliphatic rings. The maximum absolute atomic E-state index is 9.53. The molecule has 36 valence electrons. The van der Waals surface area contributed by atoms with E-state index in [4.69, 9.17) is 0 Å². The first-order valence-electron chi connectivity index (χ1n) is 1.24. The molecule has 0 rings (SSSR count). The first-order valence-corrected chi connectivity index (χ1v) is 2.32. The fraction of sp³-hybridized carbons (Fsp3) is 0.500. The molecule has 3 nitrogen and oxygen atoms in total. The van der Waals surface area contributed by atoms with E-state index in [0.717, 1.165) is 6.92 Å². The van der Waals surface area contributed by atoms with E-state index in [0.29, 0.717) is 0 Å². The zero-order valence-corrected chi connectivity index (χ0v) is 8.07. The minimum atomic E-state index is -2.51. The molecule has 0 aliphatic carbocycles. The second-order valence-electron chi connectivity index (χ2n) is 0.726. The van der Waals surface area contributed by atoms with E-state index in [1.165, 1.54) is 0 Å². The Hall–Kier alpha value is 1.42. The minimum absolute atomic E-state index is 0. The van der Waals surface area contributed by atoms with Crippen molar-refractivity contribution in [2.75, 3.05) is 0 Å². The first-order chi connectivity index (χ1) is 2.64. The molecule has 0 saturated heterocycles. The zero-order valence-electron chi connectivity index (χ0n) is 4.13. The minimum Gasteiger partial charge on any atom is -0.766 e. The van der Waals surface area contributed by atoms with Crippen LogP contribution in [0.4, 0.5) is 0 Å². The van der Waals surface area contributed by atoms with Gasteiger partial charge in [-0.15, -0.1) is 0 Å². The molecule has 0 spiro atoms. The van der Waals surface area contributed by atoms with Gasteiger partial charge in [0.1, 0.15) is 0 Å². The molecule has 0 N–H and O–H groups in total. The van der Waals surface area contributed by atoms with Crippen LogP contribution in [-0.4, -0.2) is 13.9 Å². The third-order valence-corrected chi connectivity index (χ3v) is 0.704. The molecule has 0 aliphatic heterocycles. The van der Waals surface area contributed by atoms with Gasteiger partial charge in [0.15, 0.2) is 0 Å². The Labute approximate surface area is 86.6 Å². The van der Waals surface area contributed by atoms with Crippen molar-refractivity contribution in [2.45, 2.75) is 6.92 Å². The summed E-state index contributed by atoms with van der Waals surface area (Å²) in [6.07, 6.45) is 0. The third-order valence-electron chi connectivity index (χ3n) is 0.235. The molecule has 0 amide bonds. The monoisotopic (exact) mass is 146 g/mol. The average molecular weight is 146 g/mol. The SMILES string of the molecule is CC(=O)S(=O)[O-].[K+]. The van der Waals surface area contributed by atoms with Crippen LogP contribution in [0, 0.1) is 0 Å². The van der Waals surface area contributed by atoms with Crippen LogP contribution in [0.5, 0.6) is 0 Å². The van der Waals surface area contributed by atoms with Gasteiger partial charge in [-0.1, -0.05) is 0 Å². The van der Waals surface area contributed by atoms with Gasteiger partial charge in [-0.05, 0) is 0 Å². The molecule has 5 heteroatoms. The van der Waals surface area contributed by atoms with Crippen molar-refractivity contribution >= 4 is 16.2 Å². The molecule has 0 heterocycles. The van der Waals surface area contributed by atoms with Crippen molar-refractivity contribution < 1.29 is 64.9 Å². The van der Waals surface area contributed by atoms with Crippen LogP contribution in [0.2, 0.25) is 0 Å². The van der Waals surface area contributed by atoms with Gasteiger partial charge in [-0.3, -0.25) is 9.00 Å². The Bertz CT molecular complexity index is 78.9. The molecule has 0 aromatic heterocycles. The third kappa shape index (κ3) is 7.42. The van der Waals surface area contributed by atoms with Gasteiger partial charge in [0, 0.05) is 18.0 Å². The topological polar surface area (TPSA) is 57.2 Å². The van der Waals surface area contributed by atoms with Crippen LogP contribution in [-0.2, 0) is 15.9 Å². The van der Waals surface area contributed by atoms with E-state index in [9.17, 15) is 13.6 Å². The summed E-state index contributed by atoms with van der Waals surface area (Å²) >= 11 is -2.51. The Kier molecular flexibility index (Phi) is 8.92. The summed E-state index contributed by atoms with van der Waals surface area (Å²) in [5.41, 5.74) is 0. The molecule has 1 atom stereocenters. The van der Waals surface area contributed by atoms with Crippen molar-refractivity contribution in [1.29, 1.82) is 0 Å². The maximum Gasteiger partial charge on any atom is 1.00 e. The standard InChI is InChI=1S/C2H4O3S.K/c1-2(3)6(4)5;/h1H3,(H,4,5);/q;+1/p-1. The van der Waals surface area contributed by atoms with Crippen molar-refractivity contribution in [1.82, 2.24) is 0 Å². The molecular formula is C2H3KO3S. The van der Waals surface area contributed by atoms with Gasteiger partial charge in [0.2, 0.25) is 5.12 Å². The van der Waals surface area contributed by atoms with Crippen LogP contribution in [0.25, 0.3) is 0 Å². The van der Waals surface area contributed by atoms with Gasteiger partial charge in [0.25, 0.3) is 0 Å². The van der Waals surface area contributed by atoms with E-state index >= 15 is 0 Å². The predicted octanol–water partition coefficient (Wildman–Crippen LogP) is -3.58. The number of hydrogen-bond donors (Lipinski definition) is 0.